The summed E-state index contributed by atoms with van der Waals surface area (Å²) >= 11 is 1.49. The Balaban J connectivity index is 1.53. The first-order valence-corrected chi connectivity index (χ1v) is 9.23. The Kier molecular flexibility index (Phi) is 5.22. The first kappa shape index (κ1) is 16.7. The van der Waals surface area contributed by atoms with E-state index in [9.17, 15) is 0 Å². The Hall–Kier alpha value is -2.71. The third-order valence-corrected chi connectivity index (χ3v) is 4.49. The second-order valence-corrected chi connectivity index (χ2v) is 6.61. The summed E-state index contributed by atoms with van der Waals surface area (Å²) in [6.07, 6.45) is 8.92. The van der Waals surface area contributed by atoms with Crippen molar-refractivity contribution in [3.8, 4) is 17.2 Å². The minimum atomic E-state index is 0.116. The highest BCUT2D eigenvalue weighted by atomic mass is 32.1. The SMILES string of the molecule is c1cncc(Oc2cnc(Nc3nccs3)c(OCC3CCCO3)c2)c1. The molecule has 1 aliphatic heterocycles. The molecule has 26 heavy (non-hydrogen) atoms. The van der Waals surface area contributed by atoms with E-state index >= 15 is 0 Å². The molecule has 134 valence electrons. The summed E-state index contributed by atoms with van der Waals surface area (Å²) in [6, 6.07) is 5.46. The summed E-state index contributed by atoms with van der Waals surface area (Å²) in [4.78, 5) is 12.7. The number of hydrogen-bond acceptors (Lipinski definition) is 8. The van der Waals surface area contributed by atoms with Crippen LogP contribution in [0.4, 0.5) is 10.9 Å². The third kappa shape index (κ3) is 4.27. The van der Waals surface area contributed by atoms with Crippen LogP contribution in [-0.4, -0.2) is 34.3 Å². The van der Waals surface area contributed by atoms with Gasteiger partial charge in [0.25, 0.3) is 0 Å². The fourth-order valence-corrected chi connectivity index (χ4v) is 3.10. The fraction of sp³-hybridized carbons (Fsp3) is 0.278. The Morgan fingerprint density at radius 1 is 1.23 bits per heavy atom. The molecule has 1 saturated heterocycles. The van der Waals surface area contributed by atoms with Crippen LogP contribution < -0.4 is 14.8 Å². The summed E-state index contributed by atoms with van der Waals surface area (Å²) in [6.45, 7) is 1.27. The van der Waals surface area contributed by atoms with E-state index in [1.807, 2.05) is 23.6 Å². The Morgan fingerprint density at radius 3 is 3.00 bits per heavy atom. The standard InChI is InChI=1S/C18H18N4O3S/c1-3-13(10-19-5-1)25-15-9-16(24-12-14-4-2-7-23-14)17(21-11-15)22-18-20-6-8-26-18/h1,3,5-6,8-11,14H,2,4,7,12H2,(H,20,21,22). The number of anilines is 2. The van der Waals surface area contributed by atoms with Gasteiger partial charge in [0, 0.05) is 30.4 Å². The van der Waals surface area contributed by atoms with E-state index in [2.05, 4.69) is 20.3 Å². The van der Waals surface area contributed by atoms with Crippen LogP contribution in [0, 0.1) is 0 Å². The molecule has 0 bridgehead atoms. The largest absolute Gasteiger partial charge is 0.487 e. The molecule has 0 radical (unpaired) electrons. The second-order valence-electron chi connectivity index (χ2n) is 5.72. The van der Waals surface area contributed by atoms with Crippen LogP contribution in [0.3, 0.4) is 0 Å². The molecular weight excluding hydrogens is 352 g/mol. The van der Waals surface area contributed by atoms with Gasteiger partial charge < -0.3 is 19.5 Å². The number of nitrogens with zero attached hydrogens (tertiary/aromatic N) is 3. The van der Waals surface area contributed by atoms with Crippen molar-refractivity contribution in [1.82, 2.24) is 15.0 Å². The zero-order chi connectivity index (χ0) is 17.6. The molecule has 0 spiro atoms. The van der Waals surface area contributed by atoms with E-state index in [-0.39, 0.29) is 6.10 Å². The van der Waals surface area contributed by atoms with Crippen molar-refractivity contribution in [2.45, 2.75) is 18.9 Å². The fourth-order valence-electron chi connectivity index (χ4n) is 2.57. The highest BCUT2D eigenvalue weighted by Gasteiger charge is 2.18. The summed E-state index contributed by atoms with van der Waals surface area (Å²) in [5.41, 5.74) is 0. The minimum Gasteiger partial charge on any atom is -0.487 e. The molecule has 0 aromatic carbocycles. The topological polar surface area (TPSA) is 78.4 Å². The average Bonchev–Trinajstić information content (AvgIpc) is 3.36. The maximum absolute atomic E-state index is 5.98. The molecule has 7 nitrogen and oxygen atoms in total. The minimum absolute atomic E-state index is 0.116. The van der Waals surface area contributed by atoms with Crippen LogP contribution in [-0.2, 0) is 4.74 Å². The van der Waals surface area contributed by atoms with Gasteiger partial charge in [-0.25, -0.2) is 9.97 Å². The molecule has 1 N–H and O–H groups in total. The van der Waals surface area contributed by atoms with Gasteiger partial charge in [-0.3, -0.25) is 4.98 Å². The van der Waals surface area contributed by atoms with Crippen LogP contribution in [0.15, 0.2) is 48.4 Å². The lowest BCUT2D eigenvalue weighted by Crippen LogP contribution is -2.17. The third-order valence-electron chi connectivity index (χ3n) is 3.80. The number of rotatable bonds is 7. The van der Waals surface area contributed by atoms with E-state index in [0.717, 1.165) is 24.6 Å². The highest BCUT2D eigenvalue weighted by molar-refractivity contribution is 7.13. The lowest BCUT2D eigenvalue weighted by Gasteiger charge is -2.15. The van der Waals surface area contributed by atoms with Crippen LogP contribution in [0.25, 0.3) is 0 Å². The summed E-state index contributed by atoms with van der Waals surface area (Å²) in [5.74, 6) is 2.40. The molecule has 4 heterocycles. The molecule has 1 unspecified atom stereocenters. The molecule has 3 aromatic rings. The van der Waals surface area contributed by atoms with E-state index < -0.39 is 0 Å². The molecule has 1 aliphatic rings. The van der Waals surface area contributed by atoms with Gasteiger partial charge in [0.2, 0.25) is 0 Å². The number of aromatic nitrogens is 3. The van der Waals surface area contributed by atoms with Crippen molar-refractivity contribution in [1.29, 1.82) is 0 Å². The van der Waals surface area contributed by atoms with Gasteiger partial charge in [-0.15, -0.1) is 11.3 Å². The van der Waals surface area contributed by atoms with Gasteiger partial charge in [-0.05, 0) is 25.0 Å². The lowest BCUT2D eigenvalue weighted by molar-refractivity contribution is 0.0680. The second kappa shape index (κ2) is 8.11. The number of hydrogen-bond donors (Lipinski definition) is 1. The van der Waals surface area contributed by atoms with E-state index in [0.29, 0.717) is 29.7 Å². The van der Waals surface area contributed by atoms with E-state index in [4.69, 9.17) is 14.2 Å². The Morgan fingerprint density at radius 2 is 2.23 bits per heavy atom. The van der Waals surface area contributed by atoms with Crippen molar-refractivity contribution >= 4 is 22.3 Å². The molecule has 1 atom stereocenters. The van der Waals surface area contributed by atoms with Gasteiger partial charge in [0.05, 0.1) is 18.5 Å². The first-order chi connectivity index (χ1) is 12.9. The van der Waals surface area contributed by atoms with Crippen LogP contribution in [0.5, 0.6) is 17.2 Å². The zero-order valence-corrected chi connectivity index (χ0v) is 14.8. The Labute approximate surface area is 155 Å². The summed E-state index contributed by atoms with van der Waals surface area (Å²) in [7, 11) is 0. The number of nitrogens with one attached hydrogen (secondary N) is 1. The van der Waals surface area contributed by atoms with Gasteiger partial charge >= 0.3 is 0 Å². The predicted molar refractivity (Wildman–Crippen MR) is 98.4 cm³/mol. The molecule has 4 rings (SSSR count). The number of ether oxygens (including phenoxy) is 3. The number of pyridine rings is 2. The zero-order valence-electron chi connectivity index (χ0n) is 14.0. The normalized spacial score (nSPS) is 16.4. The van der Waals surface area contributed by atoms with Crippen molar-refractivity contribution in [2.75, 3.05) is 18.5 Å². The van der Waals surface area contributed by atoms with Crippen LogP contribution in [0.1, 0.15) is 12.8 Å². The summed E-state index contributed by atoms with van der Waals surface area (Å²) < 4.78 is 17.4. The average molecular weight is 370 g/mol. The van der Waals surface area contributed by atoms with Gasteiger partial charge in [-0.1, -0.05) is 0 Å². The first-order valence-electron chi connectivity index (χ1n) is 8.36. The predicted octanol–water partition coefficient (Wildman–Crippen LogP) is 4.03. The molecule has 0 aliphatic carbocycles. The van der Waals surface area contributed by atoms with Gasteiger partial charge in [0.15, 0.2) is 16.7 Å². The van der Waals surface area contributed by atoms with Crippen molar-refractivity contribution in [3.63, 3.8) is 0 Å². The molecule has 1 fully saturated rings. The van der Waals surface area contributed by atoms with Gasteiger partial charge in [-0.2, -0.15) is 0 Å². The molecule has 3 aromatic heterocycles. The number of thiazole rings is 1. The van der Waals surface area contributed by atoms with Crippen molar-refractivity contribution < 1.29 is 14.2 Å². The molecular formula is C18H18N4O3S. The van der Waals surface area contributed by atoms with Crippen molar-refractivity contribution in [2.24, 2.45) is 0 Å². The van der Waals surface area contributed by atoms with E-state index in [1.54, 1.807) is 24.8 Å². The summed E-state index contributed by atoms with van der Waals surface area (Å²) in [5, 5.41) is 5.83. The van der Waals surface area contributed by atoms with Crippen LogP contribution >= 0.6 is 11.3 Å². The van der Waals surface area contributed by atoms with Gasteiger partial charge in [0.1, 0.15) is 18.1 Å². The van der Waals surface area contributed by atoms with Crippen molar-refractivity contribution in [3.05, 3.63) is 48.4 Å². The maximum atomic E-state index is 5.98. The molecule has 8 heteroatoms. The monoisotopic (exact) mass is 370 g/mol. The molecule has 0 amide bonds. The highest BCUT2D eigenvalue weighted by Crippen LogP contribution is 2.32. The lowest BCUT2D eigenvalue weighted by atomic mass is 10.2. The van der Waals surface area contributed by atoms with E-state index in [1.165, 1.54) is 11.3 Å². The quantitative estimate of drug-likeness (QED) is 0.673. The van der Waals surface area contributed by atoms with Crippen LogP contribution in [0.2, 0.25) is 0 Å². The maximum Gasteiger partial charge on any atom is 0.188 e. The smallest absolute Gasteiger partial charge is 0.188 e. The molecule has 0 saturated carbocycles. The Bertz CT molecular complexity index is 824.